The van der Waals surface area contributed by atoms with Crippen molar-refractivity contribution in [2.75, 3.05) is 0 Å². The number of nitrogens with one attached hydrogen (secondary N) is 2. The number of H-pyrrole nitrogens is 1. The Labute approximate surface area is 145 Å². The molecule has 3 rings (SSSR count). The van der Waals surface area contributed by atoms with Gasteiger partial charge in [-0.1, -0.05) is 60.7 Å². The minimum Gasteiger partial charge on any atom is -0.352 e. The summed E-state index contributed by atoms with van der Waals surface area (Å²) >= 11 is 0. The van der Waals surface area contributed by atoms with Crippen molar-refractivity contribution in [2.45, 2.75) is 19.4 Å². The first kappa shape index (κ1) is 16.6. The first-order chi connectivity index (χ1) is 12.2. The summed E-state index contributed by atoms with van der Waals surface area (Å²) in [5.74, 6) is 0.292. The molecule has 0 bridgehead atoms. The Morgan fingerprint density at radius 3 is 2.32 bits per heavy atom. The van der Waals surface area contributed by atoms with Crippen molar-refractivity contribution >= 4 is 5.91 Å². The second-order valence-electron chi connectivity index (χ2n) is 5.58. The maximum Gasteiger partial charge on any atom is 0.273 e. The molecule has 6 nitrogen and oxygen atoms in total. The molecule has 1 aromatic heterocycles. The van der Waals surface area contributed by atoms with E-state index in [1.165, 1.54) is 0 Å². The van der Waals surface area contributed by atoms with Gasteiger partial charge in [-0.05, 0) is 5.56 Å². The lowest BCUT2D eigenvalue weighted by atomic mass is 10.2. The van der Waals surface area contributed by atoms with E-state index < -0.39 is 0 Å². The summed E-state index contributed by atoms with van der Waals surface area (Å²) in [6.07, 6.45) is 0.438. The van der Waals surface area contributed by atoms with Crippen LogP contribution in [0.5, 0.6) is 0 Å². The zero-order chi connectivity index (χ0) is 17.5. The van der Waals surface area contributed by atoms with Crippen LogP contribution >= 0.6 is 0 Å². The van der Waals surface area contributed by atoms with Crippen molar-refractivity contribution in [3.05, 3.63) is 82.3 Å². The van der Waals surface area contributed by atoms with Crippen molar-refractivity contribution in [3.8, 4) is 11.4 Å². The summed E-state index contributed by atoms with van der Waals surface area (Å²) in [6.45, 7) is 0.467. The van der Waals surface area contributed by atoms with Gasteiger partial charge in [0.25, 0.3) is 5.56 Å². The van der Waals surface area contributed by atoms with Crippen LogP contribution in [0, 0.1) is 0 Å². The molecule has 126 valence electrons. The smallest absolute Gasteiger partial charge is 0.273 e. The molecule has 1 amide bonds. The van der Waals surface area contributed by atoms with Crippen LogP contribution in [0.3, 0.4) is 0 Å². The first-order valence-corrected chi connectivity index (χ1v) is 8.04. The molecule has 0 fully saturated rings. The Morgan fingerprint density at radius 1 is 0.960 bits per heavy atom. The minimum atomic E-state index is -0.315. The van der Waals surface area contributed by atoms with E-state index in [2.05, 4.69) is 20.5 Å². The van der Waals surface area contributed by atoms with E-state index in [4.69, 9.17) is 0 Å². The van der Waals surface area contributed by atoms with E-state index in [0.29, 0.717) is 12.4 Å². The lowest BCUT2D eigenvalue weighted by molar-refractivity contribution is -0.121. The molecule has 2 aromatic carbocycles. The molecule has 0 aliphatic carbocycles. The van der Waals surface area contributed by atoms with Gasteiger partial charge >= 0.3 is 0 Å². The van der Waals surface area contributed by atoms with Crippen molar-refractivity contribution in [2.24, 2.45) is 0 Å². The lowest BCUT2D eigenvalue weighted by Gasteiger charge is -2.05. The predicted octanol–water partition coefficient (Wildman–Crippen LogP) is 2.08. The molecule has 25 heavy (non-hydrogen) atoms. The number of nitrogens with zero attached hydrogens (tertiary/aromatic N) is 2. The number of rotatable bonds is 6. The Bertz CT molecular complexity index is 892. The molecule has 6 heteroatoms. The Kier molecular flexibility index (Phi) is 5.31. The van der Waals surface area contributed by atoms with Gasteiger partial charge in [-0.15, -0.1) is 10.2 Å². The summed E-state index contributed by atoms with van der Waals surface area (Å²) in [4.78, 5) is 26.7. The van der Waals surface area contributed by atoms with Crippen LogP contribution < -0.4 is 10.9 Å². The van der Waals surface area contributed by atoms with Crippen molar-refractivity contribution in [1.82, 2.24) is 20.5 Å². The fraction of sp³-hybridized carbons (Fsp3) is 0.158. The molecule has 0 atom stereocenters. The van der Waals surface area contributed by atoms with E-state index in [0.717, 1.165) is 11.1 Å². The summed E-state index contributed by atoms with van der Waals surface area (Å²) in [5.41, 5.74) is 1.76. The molecular formula is C19H18N4O2. The number of amides is 1. The van der Waals surface area contributed by atoms with Crippen LogP contribution in [0.2, 0.25) is 0 Å². The van der Waals surface area contributed by atoms with Crippen molar-refractivity contribution < 1.29 is 4.79 Å². The minimum absolute atomic E-state index is 0.128. The molecule has 0 saturated carbocycles. The van der Waals surface area contributed by atoms with Crippen LogP contribution in [-0.4, -0.2) is 21.1 Å². The highest BCUT2D eigenvalue weighted by atomic mass is 16.1. The highest BCUT2D eigenvalue weighted by Gasteiger charge is 2.09. The monoisotopic (exact) mass is 334 g/mol. The van der Waals surface area contributed by atoms with Gasteiger partial charge in [-0.3, -0.25) is 9.59 Å². The third kappa shape index (κ3) is 4.60. The summed E-state index contributed by atoms with van der Waals surface area (Å²) in [5, 5.41) is 10.8. The fourth-order valence-electron chi connectivity index (χ4n) is 2.37. The average molecular weight is 334 g/mol. The molecule has 0 spiro atoms. The third-order valence-electron chi connectivity index (χ3n) is 3.73. The second-order valence-corrected chi connectivity index (χ2v) is 5.58. The second kappa shape index (κ2) is 8.01. The quantitative estimate of drug-likeness (QED) is 0.722. The normalized spacial score (nSPS) is 10.4. The van der Waals surface area contributed by atoms with E-state index in [1.54, 1.807) is 0 Å². The molecule has 0 saturated heterocycles. The Hall–Kier alpha value is -3.28. The first-order valence-electron chi connectivity index (χ1n) is 8.04. The average Bonchev–Trinajstić information content (AvgIpc) is 2.67. The van der Waals surface area contributed by atoms with E-state index >= 15 is 0 Å². The number of benzene rings is 2. The van der Waals surface area contributed by atoms with Crippen LogP contribution in [0.15, 0.2) is 65.5 Å². The van der Waals surface area contributed by atoms with Crippen LogP contribution in [-0.2, 0) is 17.8 Å². The number of carbonyl (C=O) groups is 1. The third-order valence-corrected chi connectivity index (χ3v) is 3.73. The zero-order valence-corrected chi connectivity index (χ0v) is 13.6. The SMILES string of the molecule is O=C(CCc1nnc(-c2ccccc2)[nH]c1=O)NCc1ccccc1. The zero-order valence-electron chi connectivity index (χ0n) is 13.6. The molecule has 0 radical (unpaired) electrons. The standard InChI is InChI=1S/C19H18N4O2/c24-17(20-13-14-7-3-1-4-8-14)12-11-16-19(25)21-18(23-22-16)15-9-5-2-6-10-15/h1-10H,11-13H2,(H,20,24)(H,21,23,25). The van der Waals surface area contributed by atoms with E-state index in [1.807, 2.05) is 60.7 Å². The number of hydrogen-bond acceptors (Lipinski definition) is 4. The maximum atomic E-state index is 12.1. The highest BCUT2D eigenvalue weighted by molar-refractivity contribution is 5.76. The van der Waals surface area contributed by atoms with Gasteiger partial charge in [0, 0.05) is 24.9 Å². The van der Waals surface area contributed by atoms with Gasteiger partial charge < -0.3 is 10.3 Å². The fourth-order valence-corrected chi connectivity index (χ4v) is 2.37. The number of aromatic amines is 1. The largest absolute Gasteiger partial charge is 0.352 e. The summed E-state index contributed by atoms with van der Waals surface area (Å²) in [7, 11) is 0. The van der Waals surface area contributed by atoms with Crippen LogP contribution in [0.1, 0.15) is 17.7 Å². The van der Waals surface area contributed by atoms with Crippen molar-refractivity contribution in [3.63, 3.8) is 0 Å². The van der Waals surface area contributed by atoms with Crippen molar-refractivity contribution in [1.29, 1.82) is 0 Å². The molecule has 3 aromatic rings. The Morgan fingerprint density at radius 2 is 1.64 bits per heavy atom. The molecule has 0 aliphatic rings. The van der Waals surface area contributed by atoms with Crippen LogP contribution in [0.25, 0.3) is 11.4 Å². The van der Waals surface area contributed by atoms with E-state index in [-0.39, 0.29) is 30.0 Å². The topological polar surface area (TPSA) is 87.7 Å². The van der Waals surface area contributed by atoms with Gasteiger partial charge in [-0.2, -0.15) is 0 Å². The molecule has 2 N–H and O–H groups in total. The Balaban J connectivity index is 1.56. The lowest BCUT2D eigenvalue weighted by Crippen LogP contribution is -2.25. The van der Waals surface area contributed by atoms with Gasteiger partial charge in [-0.25, -0.2) is 0 Å². The number of hydrogen-bond donors (Lipinski definition) is 2. The highest BCUT2D eigenvalue weighted by Crippen LogP contribution is 2.10. The number of carbonyl (C=O) groups excluding carboxylic acids is 1. The molecule has 0 unspecified atom stereocenters. The van der Waals surface area contributed by atoms with Crippen LogP contribution in [0.4, 0.5) is 0 Å². The molecule has 1 heterocycles. The van der Waals surface area contributed by atoms with Gasteiger partial charge in [0.15, 0.2) is 5.82 Å². The summed E-state index contributed by atoms with van der Waals surface area (Å²) < 4.78 is 0. The summed E-state index contributed by atoms with van der Waals surface area (Å²) in [6, 6.07) is 19.0. The molecular weight excluding hydrogens is 316 g/mol. The van der Waals surface area contributed by atoms with Gasteiger partial charge in [0.2, 0.25) is 5.91 Å². The van der Waals surface area contributed by atoms with Gasteiger partial charge in [0.05, 0.1) is 0 Å². The van der Waals surface area contributed by atoms with E-state index in [9.17, 15) is 9.59 Å². The molecule has 0 aliphatic heterocycles. The van der Waals surface area contributed by atoms with Gasteiger partial charge in [0.1, 0.15) is 5.69 Å². The number of aryl methyl sites for hydroxylation is 1. The number of aromatic nitrogens is 3. The maximum absolute atomic E-state index is 12.1. The predicted molar refractivity (Wildman–Crippen MR) is 94.7 cm³/mol.